The molecule has 0 heterocycles. The predicted octanol–water partition coefficient (Wildman–Crippen LogP) is 4.65. The van der Waals surface area contributed by atoms with Gasteiger partial charge in [-0.25, -0.2) is 5.43 Å². The fraction of sp³-hybridized carbons (Fsp3) is 0.0476. The highest BCUT2D eigenvalue weighted by molar-refractivity contribution is 9.10. The molecule has 0 aliphatic heterocycles. The number of carbonyl (C=O) groups excluding carboxylic acids is 1. The minimum atomic E-state index is -0.323. The standard InChI is InChI=1S/C21H17BrN2O2/c22-19-12-6-4-10-17(19)14-23-24-21(25)15-26-20-13-7-5-11-18(20)16-8-2-1-3-9-16/h1-14H,15H2,(H,24,25). The average molecular weight is 409 g/mol. The van der Waals surface area contributed by atoms with E-state index in [1.165, 1.54) is 0 Å². The van der Waals surface area contributed by atoms with Crippen LogP contribution in [-0.4, -0.2) is 18.7 Å². The number of para-hydroxylation sites is 1. The molecule has 0 spiro atoms. The van der Waals surface area contributed by atoms with Gasteiger partial charge in [0.05, 0.1) is 6.21 Å². The number of hydrogen-bond donors (Lipinski definition) is 1. The third kappa shape index (κ3) is 4.80. The number of rotatable bonds is 6. The van der Waals surface area contributed by atoms with Crippen molar-refractivity contribution in [2.24, 2.45) is 5.10 Å². The van der Waals surface area contributed by atoms with Gasteiger partial charge in [0.2, 0.25) is 0 Å². The number of hydrazone groups is 1. The lowest BCUT2D eigenvalue weighted by Crippen LogP contribution is -2.24. The third-order valence-electron chi connectivity index (χ3n) is 3.63. The summed E-state index contributed by atoms with van der Waals surface area (Å²) >= 11 is 3.43. The van der Waals surface area contributed by atoms with Gasteiger partial charge in [-0.05, 0) is 17.7 Å². The fourth-order valence-corrected chi connectivity index (χ4v) is 2.77. The molecule has 0 aromatic heterocycles. The first-order valence-electron chi connectivity index (χ1n) is 8.08. The lowest BCUT2D eigenvalue weighted by Gasteiger charge is -2.10. The quantitative estimate of drug-likeness (QED) is 0.476. The van der Waals surface area contributed by atoms with Gasteiger partial charge < -0.3 is 4.74 Å². The van der Waals surface area contributed by atoms with E-state index >= 15 is 0 Å². The van der Waals surface area contributed by atoms with Crippen LogP contribution in [0.1, 0.15) is 5.56 Å². The minimum Gasteiger partial charge on any atom is -0.483 e. The molecule has 0 saturated carbocycles. The molecule has 0 saturated heterocycles. The van der Waals surface area contributed by atoms with Gasteiger partial charge in [-0.2, -0.15) is 5.10 Å². The van der Waals surface area contributed by atoms with Crippen LogP contribution in [0.4, 0.5) is 0 Å². The maximum Gasteiger partial charge on any atom is 0.277 e. The van der Waals surface area contributed by atoms with E-state index in [-0.39, 0.29) is 12.5 Å². The Kier molecular flexibility index (Phi) is 6.17. The number of nitrogens with zero attached hydrogens (tertiary/aromatic N) is 1. The number of benzene rings is 3. The Hall–Kier alpha value is -2.92. The molecule has 0 fully saturated rings. The first kappa shape index (κ1) is 17.9. The summed E-state index contributed by atoms with van der Waals surface area (Å²) in [5, 5.41) is 3.96. The van der Waals surface area contributed by atoms with Crippen molar-refractivity contribution in [3.8, 4) is 16.9 Å². The lowest BCUT2D eigenvalue weighted by atomic mass is 10.1. The number of ether oxygens (including phenoxy) is 1. The Morgan fingerprint density at radius 3 is 2.46 bits per heavy atom. The monoisotopic (exact) mass is 408 g/mol. The van der Waals surface area contributed by atoms with Crippen LogP contribution < -0.4 is 10.2 Å². The van der Waals surface area contributed by atoms with E-state index in [1.807, 2.05) is 78.9 Å². The van der Waals surface area contributed by atoms with Crippen molar-refractivity contribution in [1.29, 1.82) is 0 Å². The van der Waals surface area contributed by atoms with E-state index in [0.717, 1.165) is 21.2 Å². The highest BCUT2D eigenvalue weighted by atomic mass is 79.9. The molecule has 0 atom stereocenters. The van der Waals surface area contributed by atoms with Crippen molar-refractivity contribution in [3.05, 3.63) is 88.9 Å². The second kappa shape index (κ2) is 8.97. The number of amides is 1. The first-order valence-corrected chi connectivity index (χ1v) is 8.87. The molecular formula is C21H17BrN2O2. The van der Waals surface area contributed by atoms with Crippen LogP contribution in [0.3, 0.4) is 0 Å². The second-order valence-electron chi connectivity index (χ2n) is 5.47. The fourth-order valence-electron chi connectivity index (χ4n) is 2.38. The molecule has 4 nitrogen and oxygen atoms in total. The Labute approximate surface area is 160 Å². The molecule has 26 heavy (non-hydrogen) atoms. The molecule has 3 rings (SSSR count). The maximum absolute atomic E-state index is 12.0. The van der Waals surface area contributed by atoms with Crippen LogP contribution in [0.25, 0.3) is 11.1 Å². The SMILES string of the molecule is O=C(COc1ccccc1-c1ccccc1)NN=Cc1ccccc1Br. The number of carbonyl (C=O) groups is 1. The molecule has 0 unspecified atom stereocenters. The molecule has 130 valence electrons. The topological polar surface area (TPSA) is 50.7 Å². The summed E-state index contributed by atoms with van der Waals surface area (Å²) in [6.45, 7) is -0.114. The molecular weight excluding hydrogens is 392 g/mol. The molecule has 5 heteroatoms. The number of hydrogen-bond acceptors (Lipinski definition) is 3. The van der Waals surface area contributed by atoms with E-state index < -0.39 is 0 Å². The van der Waals surface area contributed by atoms with Gasteiger partial charge in [0.1, 0.15) is 5.75 Å². The summed E-state index contributed by atoms with van der Waals surface area (Å²) in [4.78, 5) is 12.0. The van der Waals surface area contributed by atoms with Gasteiger partial charge in [-0.3, -0.25) is 4.79 Å². The zero-order valence-corrected chi connectivity index (χ0v) is 15.5. The normalized spacial score (nSPS) is 10.7. The average Bonchev–Trinajstić information content (AvgIpc) is 2.69. The second-order valence-corrected chi connectivity index (χ2v) is 6.32. The van der Waals surface area contributed by atoms with E-state index in [1.54, 1.807) is 6.21 Å². The van der Waals surface area contributed by atoms with Gasteiger partial charge in [-0.15, -0.1) is 0 Å². The van der Waals surface area contributed by atoms with Crippen molar-refractivity contribution >= 4 is 28.1 Å². The summed E-state index contributed by atoms with van der Waals surface area (Å²) in [6.07, 6.45) is 1.58. The largest absolute Gasteiger partial charge is 0.483 e. The van der Waals surface area contributed by atoms with Crippen LogP contribution >= 0.6 is 15.9 Å². The van der Waals surface area contributed by atoms with Gasteiger partial charge in [0, 0.05) is 15.6 Å². The number of nitrogens with one attached hydrogen (secondary N) is 1. The van der Waals surface area contributed by atoms with Crippen molar-refractivity contribution in [2.75, 3.05) is 6.61 Å². The van der Waals surface area contributed by atoms with Crippen molar-refractivity contribution < 1.29 is 9.53 Å². The minimum absolute atomic E-state index is 0.114. The highest BCUT2D eigenvalue weighted by Gasteiger charge is 2.07. The van der Waals surface area contributed by atoms with Gasteiger partial charge in [-0.1, -0.05) is 82.7 Å². The zero-order chi connectivity index (χ0) is 18.2. The van der Waals surface area contributed by atoms with Crippen LogP contribution in [0, 0.1) is 0 Å². The summed E-state index contributed by atoms with van der Waals surface area (Å²) < 4.78 is 6.59. The van der Waals surface area contributed by atoms with Crippen LogP contribution in [0.15, 0.2) is 88.4 Å². The Bertz CT molecular complexity index is 911. The Morgan fingerprint density at radius 2 is 1.65 bits per heavy atom. The van der Waals surface area contributed by atoms with E-state index in [0.29, 0.717) is 5.75 Å². The highest BCUT2D eigenvalue weighted by Crippen LogP contribution is 2.29. The van der Waals surface area contributed by atoms with Crippen LogP contribution in [0.2, 0.25) is 0 Å². The summed E-state index contributed by atoms with van der Waals surface area (Å²) in [6, 6.07) is 25.2. The van der Waals surface area contributed by atoms with Crippen LogP contribution in [0.5, 0.6) is 5.75 Å². The van der Waals surface area contributed by atoms with Gasteiger partial charge in [0.15, 0.2) is 6.61 Å². The van der Waals surface area contributed by atoms with E-state index in [9.17, 15) is 4.79 Å². The van der Waals surface area contributed by atoms with Gasteiger partial charge in [0.25, 0.3) is 5.91 Å². The molecule has 1 amide bonds. The van der Waals surface area contributed by atoms with Crippen molar-refractivity contribution in [1.82, 2.24) is 5.43 Å². The molecule has 0 bridgehead atoms. The molecule has 1 N–H and O–H groups in total. The van der Waals surface area contributed by atoms with Crippen LogP contribution in [-0.2, 0) is 4.79 Å². The maximum atomic E-state index is 12.0. The summed E-state index contributed by atoms with van der Waals surface area (Å²) in [5.74, 6) is 0.333. The van der Waals surface area contributed by atoms with Crippen molar-refractivity contribution in [3.63, 3.8) is 0 Å². The summed E-state index contributed by atoms with van der Waals surface area (Å²) in [7, 11) is 0. The first-order chi connectivity index (χ1) is 12.7. The molecule has 3 aromatic carbocycles. The predicted molar refractivity (Wildman–Crippen MR) is 107 cm³/mol. The Morgan fingerprint density at radius 1 is 0.962 bits per heavy atom. The lowest BCUT2D eigenvalue weighted by molar-refractivity contribution is -0.123. The molecule has 0 aliphatic rings. The smallest absolute Gasteiger partial charge is 0.277 e. The Balaban J connectivity index is 1.60. The molecule has 0 radical (unpaired) electrons. The summed E-state index contributed by atoms with van der Waals surface area (Å²) in [5.41, 5.74) is 5.33. The van der Waals surface area contributed by atoms with Gasteiger partial charge >= 0.3 is 0 Å². The molecule has 3 aromatic rings. The molecule has 0 aliphatic carbocycles. The van der Waals surface area contributed by atoms with Crippen molar-refractivity contribution in [2.45, 2.75) is 0 Å². The van der Waals surface area contributed by atoms with E-state index in [4.69, 9.17) is 4.74 Å². The number of halogens is 1. The zero-order valence-electron chi connectivity index (χ0n) is 13.9. The van der Waals surface area contributed by atoms with E-state index in [2.05, 4.69) is 26.5 Å². The third-order valence-corrected chi connectivity index (χ3v) is 4.35.